The standard InChI is InChI=1S/C10H15ClFN3/c1-7(2)3-8(11)4-13-10-14-5-9(12)6-15-10/h5-8H,3-4H2,1-2H3,(H,13,14,15). The van der Waals surface area contributed by atoms with E-state index in [0.29, 0.717) is 18.4 Å². The number of rotatable bonds is 5. The van der Waals surface area contributed by atoms with Crippen molar-refractivity contribution in [2.45, 2.75) is 25.6 Å². The molecule has 0 amide bonds. The third-order valence-electron chi connectivity index (χ3n) is 1.83. The summed E-state index contributed by atoms with van der Waals surface area (Å²) in [4.78, 5) is 7.55. The number of nitrogens with one attached hydrogen (secondary N) is 1. The van der Waals surface area contributed by atoms with Gasteiger partial charge in [-0.05, 0) is 12.3 Å². The summed E-state index contributed by atoms with van der Waals surface area (Å²) < 4.78 is 12.5. The molecule has 1 unspecified atom stereocenters. The lowest BCUT2D eigenvalue weighted by atomic mass is 10.1. The van der Waals surface area contributed by atoms with E-state index >= 15 is 0 Å². The zero-order valence-corrected chi connectivity index (χ0v) is 9.63. The largest absolute Gasteiger partial charge is 0.353 e. The summed E-state index contributed by atoms with van der Waals surface area (Å²) in [6, 6.07) is 0. The second-order valence-corrected chi connectivity index (χ2v) is 4.45. The van der Waals surface area contributed by atoms with Gasteiger partial charge >= 0.3 is 0 Å². The lowest BCUT2D eigenvalue weighted by molar-refractivity contribution is 0.571. The minimum absolute atomic E-state index is 0.0404. The van der Waals surface area contributed by atoms with Crippen molar-refractivity contribution in [2.75, 3.05) is 11.9 Å². The van der Waals surface area contributed by atoms with Gasteiger partial charge in [0.1, 0.15) is 0 Å². The van der Waals surface area contributed by atoms with Crippen LogP contribution in [0, 0.1) is 11.7 Å². The smallest absolute Gasteiger partial charge is 0.222 e. The van der Waals surface area contributed by atoms with Gasteiger partial charge in [-0.25, -0.2) is 14.4 Å². The van der Waals surface area contributed by atoms with E-state index in [2.05, 4.69) is 29.1 Å². The SMILES string of the molecule is CC(C)CC(Cl)CNc1ncc(F)cn1. The molecule has 1 aromatic rings. The highest BCUT2D eigenvalue weighted by Gasteiger charge is 2.07. The van der Waals surface area contributed by atoms with Crippen molar-refractivity contribution >= 4 is 17.5 Å². The Morgan fingerprint density at radius 2 is 2.00 bits per heavy atom. The van der Waals surface area contributed by atoms with Crippen molar-refractivity contribution in [3.8, 4) is 0 Å². The van der Waals surface area contributed by atoms with Crippen molar-refractivity contribution in [3.05, 3.63) is 18.2 Å². The molecule has 0 saturated heterocycles. The van der Waals surface area contributed by atoms with Crippen molar-refractivity contribution in [3.63, 3.8) is 0 Å². The maximum atomic E-state index is 12.5. The van der Waals surface area contributed by atoms with Crippen molar-refractivity contribution in [1.82, 2.24) is 9.97 Å². The summed E-state index contributed by atoms with van der Waals surface area (Å²) in [5.74, 6) is 0.527. The zero-order chi connectivity index (χ0) is 11.3. The molecule has 15 heavy (non-hydrogen) atoms. The molecule has 3 nitrogen and oxygen atoms in total. The predicted molar refractivity (Wildman–Crippen MR) is 59.6 cm³/mol. The molecule has 84 valence electrons. The van der Waals surface area contributed by atoms with Crippen molar-refractivity contribution in [1.29, 1.82) is 0 Å². The van der Waals surface area contributed by atoms with Gasteiger partial charge in [-0.15, -0.1) is 11.6 Å². The summed E-state index contributed by atoms with van der Waals surface area (Å²) in [7, 11) is 0. The molecule has 1 heterocycles. The molecular weight excluding hydrogens is 217 g/mol. The van der Waals surface area contributed by atoms with Crippen LogP contribution in [-0.2, 0) is 0 Å². The summed E-state index contributed by atoms with van der Waals surface area (Å²) in [6.45, 7) is 4.82. The molecule has 0 spiro atoms. The van der Waals surface area contributed by atoms with Gasteiger partial charge in [0.15, 0.2) is 5.82 Å². The van der Waals surface area contributed by atoms with Crippen LogP contribution in [0.1, 0.15) is 20.3 Å². The second kappa shape index (κ2) is 5.85. The summed E-state index contributed by atoms with van der Waals surface area (Å²) in [5.41, 5.74) is 0. The number of halogens is 2. The first-order valence-electron chi connectivity index (χ1n) is 4.93. The van der Waals surface area contributed by atoms with Crippen LogP contribution in [0.3, 0.4) is 0 Å². The molecule has 1 N–H and O–H groups in total. The molecule has 0 fully saturated rings. The Morgan fingerprint density at radius 1 is 1.40 bits per heavy atom. The predicted octanol–water partition coefficient (Wildman–Crippen LogP) is 2.68. The van der Waals surface area contributed by atoms with Gasteiger partial charge in [-0.1, -0.05) is 13.8 Å². The van der Waals surface area contributed by atoms with E-state index in [-0.39, 0.29) is 5.38 Å². The molecule has 1 aromatic heterocycles. The molecule has 5 heteroatoms. The van der Waals surface area contributed by atoms with E-state index in [9.17, 15) is 4.39 Å². The van der Waals surface area contributed by atoms with Gasteiger partial charge < -0.3 is 5.32 Å². The topological polar surface area (TPSA) is 37.8 Å². The van der Waals surface area contributed by atoms with E-state index in [4.69, 9.17) is 11.6 Å². The first-order chi connectivity index (χ1) is 7.08. The van der Waals surface area contributed by atoms with Crippen molar-refractivity contribution in [2.24, 2.45) is 5.92 Å². The fourth-order valence-corrected chi connectivity index (χ4v) is 1.63. The average Bonchev–Trinajstić information content (AvgIpc) is 2.16. The number of anilines is 1. The normalized spacial score (nSPS) is 12.9. The minimum atomic E-state index is -0.440. The Bertz CT molecular complexity index is 289. The number of nitrogens with zero attached hydrogens (tertiary/aromatic N) is 2. The summed E-state index contributed by atoms with van der Waals surface area (Å²) in [6.07, 6.45) is 3.18. The highest BCUT2D eigenvalue weighted by molar-refractivity contribution is 6.20. The number of hydrogen-bond acceptors (Lipinski definition) is 3. The zero-order valence-electron chi connectivity index (χ0n) is 8.87. The first-order valence-corrected chi connectivity index (χ1v) is 5.37. The molecule has 1 atom stereocenters. The Hall–Kier alpha value is -0.900. The summed E-state index contributed by atoms with van der Waals surface area (Å²) >= 11 is 6.06. The van der Waals surface area contributed by atoms with Crippen LogP contribution in [0.15, 0.2) is 12.4 Å². The minimum Gasteiger partial charge on any atom is -0.353 e. The maximum Gasteiger partial charge on any atom is 0.222 e. The van der Waals surface area contributed by atoms with Gasteiger partial charge in [0.2, 0.25) is 5.95 Å². The Morgan fingerprint density at radius 3 is 2.53 bits per heavy atom. The van der Waals surface area contributed by atoms with Crippen LogP contribution >= 0.6 is 11.6 Å². The molecule has 0 aliphatic carbocycles. The van der Waals surface area contributed by atoms with Crippen LogP contribution < -0.4 is 5.32 Å². The highest BCUT2D eigenvalue weighted by atomic mass is 35.5. The fraction of sp³-hybridized carbons (Fsp3) is 0.600. The van der Waals surface area contributed by atoms with Crippen LogP contribution in [0.4, 0.5) is 10.3 Å². The molecule has 0 bridgehead atoms. The second-order valence-electron chi connectivity index (χ2n) is 3.83. The van der Waals surface area contributed by atoms with E-state index in [0.717, 1.165) is 18.8 Å². The van der Waals surface area contributed by atoms with Crippen LogP contribution in [-0.4, -0.2) is 21.9 Å². The first kappa shape index (κ1) is 12.2. The molecule has 1 rings (SSSR count). The van der Waals surface area contributed by atoms with Gasteiger partial charge in [-0.2, -0.15) is 0 Å². The van der Waals surface area contributed by atoms with Gasteiger partial charge in [0.25, 0.3) is 0 Å². The molecule has 0 aliphatic rings. The number of aromatic nitrogens is 2. The molecule has 0 aliphatic heterocycles. The Labute approximate surface area is 94.1 Å². The van der Waals surface area contributed by atoms with Crippen LogP contribution in [0.25, 0.3) is 0 Å². The number of alkyl halides is 1. The maximum absolute atomic E-state index is 12.5. The van der Waals surface area contributed by atoms with Crippen LogP contribution in [0.5, 0.6) is 0 Å². The fourth-order valence-electron chi connectivity index (χ4n) is 1.20. The van der Waals surface area contributed by atoms with Crippen molar-refractivity contribution < 1.29 is 4.39 Å². The average molecular weight is 232 g/mol. The van der Waals surface area contributed by atoms with Gasteiger partial charge in [-0.3, -0.25) is 0 Å². The van der Waals surface area contributed by atoms with E-state index in [1.54, 1.807) is 0 Å². The molecular formula is C10H15ClFN3. The van der Waals surface area contributed by atoms with E-state index < -0.39 is 5.82 Å². The lowest BCUT2D eigenvalue weighted by Crippen LogP contribution is -2.17. The Kier molecular flexibility index (Phi) is 4.75. The van der Waals surface area contributed by atoms with Gasteiger partial charge in [0, 0.05) is 6.54 Å². The van der Waals surface area contributed by atoms with E-state index in [1.807, 2.05) is 0 Å². The molecule has 0 saturated carbocycles. The quantitative estimate of drug-likeness (QED) is 0.792. The number of hydrogen-bond donors (Lipinski definition) is 1. The van der Waals surface area contributed by atoms with Gasteiger partial charge in [0.05, 0.1) is 17.8 Å². The Balaban J connectivity index is 2.33. The molecule has 0 radical (unpaired) electrons. The lowest BCUT2D eigenvalue weighted by Gasteiger charge is -2.12. The van der Waals surface area contributed by atoms with E-state index in [1.165, 1.54) is 0 Å². The third-order valence-corrected chi connectivity index (χ3v) is 2.16. The highest BCUT2D eigenvalue weighted by Crippen LogP contribution is 2.11. The monoisotopic (exact) mass is 231 g/mol. The van der Waals surface area contributed by atoms with Crippen LogP contribution in [0.2, 0.25) is 0 Å². The molecule has 0 aromatic carbocycles. The third kappa shape index (κ3) is 4.93. The summed E-state index contributed by atoms with van der Waals surface area (Å²) in [5, 5.41) is 3.00.